The van der Waals surface area contributed by atoms with E-state index in [1.54, 1.807) is 0 Å². The van der Waals surface area contributed by atoms with Crippen molar-refractivity contribution < 1.29 is 27.5 Å². The van der Waals surface area contributed by atoms with Crippen LogP contribution >= 0.6 is 0 Å². The predicted octanol–water partition coefficient (Wildman–Crippen LogP) is 2.19. The number of nitrogens with zero attached hydrogens (tertiary/aromatic N) is 2. The minimum absolute atomic E-state index is 0.177. The second kappa shape index (κ2) is 5.66. The number of aliphatic hydroxyl groups excluding tert-OH is 1. The molecule has 0 amide bonds. The van der Waals surface area contributed by atoms with E-state index >= 15 is 0 Å². The van der Waals surface area contributed by atoms with E-state index < -0.39 is 24.3 Å². The van der Waals surface area contributed by atoms with Crippen LogP contribution in [0, 0.1) is 0 Å². The van der Waals surface area contributed by atoms with Crippen LogP contribution in [0.3, 0.4) is 0 Å². The summed E-state index contributed by atoms with van der Waals surface area (Å²) in [6.45, 7) is 2.99. The summed E-state index contributed by atoms with van der Waals surface area (Å²) >= 11 is 0. The quantitative estimate of drug-likeness (QED) is 0.886. The molecule has 18 heavy (non-hydrogen) atoms. The van der Waals surface area contributed by atoms with Crippen molar-refractivity contribution in [2.45, 2.75) is 44.6 Å². The standard InChI is InChI=1S/C10H15F3N2O3/c1-4-6(17-3)8-14-9(18-15-8)5(2)7(16)10(11,12)13/h5-7,16H,4H2,1-3H3. The fraction of sp³-hybridized carbons (Fsp3) is 0.800. The number of rotatable bonds is 5. The second-order valence-electron chi connectivity index (χ2n) is 3.90. The van der Waals surface area contributed by atoms with Crippen molar-refractivity contribution in [1.82, 2.24) is 10.1 Å². The fourth-order valence-corrected chi connectivity index (χ4v) is 1.44. The fourth-order valence-electron chi connectivity index (χ4n) is 1.44. The molecule has 1 aromatic heterocycles. The summed E-state index contributed by atoms with van der Waals surface area (Å²) in [7, 11) is 1.44. The van der Waals surface area contributed by atoms with Gasteiger partial charge in [-0.05, 0) is 6.42 Å². The molecule has 0 bridgehead atoms. The molecule has 5 nitrogen and oxygen atoms in total. The van der Waals surface area contributed by atoms with E-state index in [4.69, 9.17) is 14.4 Å². The van der Waals surface area contributed by atoms with Gasteiger partial charge in [0.15, 0.2) is 6.10 Å². The van der Waals surface area contributed by atoms with E-state index in [1.807, 2.05) is 6.92 Å². The minimum atomic E-state index is -4.72. The molecule has 1 rings (SSSR count). The van der Waals surface area contributed by atoms with Gasteiger partial charge in [-0.15, -0.1) is 0 Å². The van der Waals surface area contributed by atoms with Crippen LogP contribution in [-0.4, -0.2) is 34.6 Å². The zero-order chi connectivity index (χ0) is 13.9. The maximum Gasteiger partial charge on any atom is 0.415 e. The van der Waals surface area contributed by atoms with Crippen molar-refractivity contribution in [1.29, 1.82) is 0 Å². The predicted molar refractivity (Wildman–Crippen MR) is 54.8 cm³/mol. The van der Waals surface area contributed by atoms with Gasteiger partial charge < -0.3 is 14.4 Å². The number of aliphatic hydroxyl groups is 1. The van der Waals surface area contributed by atoms with Gasteiger partial charge in [0.2, 0.25) is 11.7 Å². The van der Waals surface area contributed by atoms with Gasteiger partial charge in [0.25, 0.3) is 0 Å². The molecule has 0 aliphatic carbocycles. The number of aromatic nitrogens is 2. The third kappa shape index (κ3) is 3.20. The summed E-state index contributed by atoms with van der Waals surface area (Å²) in [5, 5.41) is 12.6. The highest BCUT2D eigenvalue weighted by atomic mass is 19.4. The molecule has 0 saturated carbocycles. The maximum atomic E-state index is 12.3. The zero-order valence-corrected chi connectivity index (χ0v) is 10.2. The smallest absolute Gasteiger partial charge is 0.383 e. The van der Waals surface area contributed by atoms with Crippen molar-refractivity contribution >= 4 is 0 Å². The number of hydrogen-bond acceptors (Lipinski definition) is 5. The highest BCUT2D eigenvalue weighted by Gasteiger charge is 2.44. The average molecular weight is 268 g/mol. The van der Waals surface area contributed by atoms with Gasteiger partial charge in [-0.3, -0.25) is 0 Å². The molecule has 8 heteroatoms. The Kier molecular flexibility index (Phi) is 4.69. The largest absolute Gasteiger partial charge is 0.415 e. The zero-order valence-electron chi connectivity index (χ0n) is 10.2. The Balaban J connectivity index is 2.85. The Labute approximate surface area is 102 Å². The van der Waals surface area contributed by atoms with Crippen LogP contribution in [0.1, 0.15) is 44.0 Å². The molecule has 0 spiro atoms. The van der Waals surface area contributed by atoms with Crippen LogP contribution < -0.4 is 0 Å². The lowest BCUT2D eigenvalue weighted by Gasteiger charge is -2.18. The summed E-state index contributed by atoms with van der Waals surface area (Å²) in [5.74, 6) is -1.40. The highest BCUT2D eigenvalue weighted by molar-refractivity contribution is 4.99. The van der Waals surface area contributed by atoms with Gasteiger partial charge in [0.1, 0.15) is 6.10 Å². The molecule has 104 valence electrons. The molecule has 0 radical (unpaired) electrons. The van der Waals surface area contributed by atoms with Gasteiger partial charge in [0, 0.05) is 7.11 Å². The molecule has 0 aromatic carbocycles. The Morgan fingerprint density at radius 3 is 2.50 bits per heavy atom. The van der Waals surface area contributed by atoms with Gasteiger partial charge in [-0.25, -0.2) is 0 Å². The molecule has 1 N–H and O–H groups in total. The summed E-state index contributed by atoms with van der Waals surface area (Å²) in [6, 6.07) is 0. The SMILES string of the molecule is CCC(OC)c1noc(C(C)C(O)C(F)(F)F)n1. The number of hydrogen-bond donors (Lipinski definition) is 1. The topological polar surface area (TPSA) is 68.4 Å². The molecular formula is C10H15F3N2O3. The molecule has 3 unspecified atom stereocenters. The van der Waals surface area contributed by atoms with Crippen molar-refractivity contribution in [3.8, 4) is 0 Å². The number of halogens is 3. The van der Waals surface area contributed by atoms with Crippen LogP contribution in [0.4, 0.5) is 13.2 Å². The summed E-state index contributed by atoms with van der Waals surface area (Å²) < 4.78 is 46.7. The van der Waals surface area contributed by atoms with Crippen molar-refractivity contribution in [2.24, 2.45) is 0 Å². The lowest BCUT2D eigenvalue weighted by molar-refractivity contribution is -0.210. The molecule has 3 atom stereocenters. The first-order valence-corrected chi connectivity index (χ1v) is 5.42. The normalized spacial score (nSPS) is 17.5. The van der Waals surface area contributed by atoms with E-state index in [0.717, 1.165) is 0 Å². The van der Waals surface area contributed by atoms with E-state index in [9.17, 15) is 13.2 Å². The van der Waals surface area contributed by atoms with Gasteiger partial charge in [-0.1, -0.05) is 19.0 Å². The second-order valence-corrected chi connectivity index (χ2v) is 3.90. The number of alkyl halides is 3. The summed E-state index contributed by atoms with van der Waals surface area (Å²) in [6.07, 6.45) is -7.13. The van der Waals surface area contributed by atoms with Crippen molar-refractivity contribution in [3.05, 3.63) is 11.7 Å². The number of ether oxygens (including phenoxy) is 1. The van der Waals surface area contributed by atoms with Gasteiger partial charge in [0.05, 0.1) is 5.92 Å². The third-order valence-corrected chi connectivity index (χ3v) is 2.60. The number of methoxy groups -OCH3 is 1. The van der Waals surface area contributed by atoms with Crippen LogP contribution in [-0.2, 0) is 4.74 Å². The molecule has 0 saturated heterocycles. The van der Waals surface area contributed by atoms with Gasteiger partial charge >= 0.3 is 6.18 Å². The highest BCUT2D eigenvalue weighted by Crippen LogP contribution is 2.31. The molecule has 0 fully saturated rings. The lowest BCUT2D eigenvalue weighted by Crippen LogP contribution is -2.33. The van der Waals surface area contributed by atoms with Crippen LogP contribution in [0.2, 0.25) is 0 Å². The Bertz CT molecular complexity index is 377. The minimum Gasteiger partial charge on any atom is -0.383 e. The van der Waals surface area contributed by atoms with Gasteiger partial charge in [-0.2, -0.15) is 18.2 Å². The monoisotopic (exact) mass is 268 g/mol. The first kappa shape index (κ1) is 14.9. The molecule has 0 aliphatic heterocycles. The summed E-state index contributed by atoms with van der Waals surface area (Å²) in [5.41, 5.74) is 0. The molecule has 1 aromatic rings. The Morgan fingerprint density at radius 1 is 1.44 bits per heavy atom. The Hall–Kier alpha value is -1.15. The van der Waals surface area contributed by atoms with Crippen LogP contribution in [0.15, 0.2) is 4.52 Å². The van der Waals surface area contributed by atoms with E-state index in [-0.39, 0.29) is 11.7 Å². The first-order valence-electron chi connectivity index (χ1n) is 5.42. The summed E-state index contributed by atoms with van der Waals surface area (Å²) in [4.78, 5) is 3.82. The van der Waals surface area contributed by atoms with Crippen molar-refractivity contribution in [3.63, 3.8) is 0 Å². The Morgan fingerprint density at radius 2 is 2.06 bits per heavy atom. The first-order chi connectivity index (χ1) is 8.31. The van der Waals surface area contributed by atoms with Crippen LogP contribution in [0.25, 0.3) is 0 Å². The van der Waals surface area contributed by atoms with Crippen LogP contribution in [0.5, 0.6) is 0 Å². The third-order valence-electron chi connectivity index (χ3n) is 2.60. The maximum absolute atomic E-state index is 12.3. The average Bonchev–Trinajstić information content (AvgIpc) is 2.77. The lowest BCUT2D eigenvalue weighted by atomic mass is 10.0. The van der Waals surface area contributed by atoms with E-state index in [0.29, 0.717) is 6.42 Å². The van der Waals surface area contributed by atoms with E-state index in [2.05, 4.69) is 10.1 Å². The van der Waals surface area contributed by atoms with Crippen molar-refractivity contribution in [2.75, 3.05) is 7.11 Å². The molecular weight excluding hydrogens is 253 g/mol. The molecule has 0 aliphatic rings. The van der Waals surface area contributed by atoms with E-state index in [1.165, 1.54) is 14.0 Å². The molecule has 1 heterocycles.